The van der Waals surface area contributed by atoms with Crippen molar-refractivity contribution in [1.29, 1.82) is 0 Å². The molecule has 200 valence electrons. The number of hydrogen-bond acceptors (Lipinski definition) is 4. The number of amides is 1. The third-order valence-corrected chi connectivity index (χ3v) is 8.91. The average Bonchev–Trinajstić information content (AvgIpc) is 3.49. The van der Waals surface area contributed by atoms with Crippen molar-refractivity contribution >= 4 is 22.9 Å². The Hall–Kier alpha value is -4.00. The number of hydrogen-bond donors (Lipinski definition) is 1. The van der Waals surface area contributed by atoms with Crippen molar-refractivity contribution in [2.75, 3.05) is 0 Å². The van der Waals surface area contributed by atoms with Gasteiger partial charge in [0.25, 0.3) is 5.91 Å². The van der Waals surface area contributed by atoms with Crippen LogP contribution < -0.4 is 0 Å². The van der Waals surface area contributed by atoms with E-state index in [0.29, 0.717) is 0 Å². The lowest BCUT2D eigenvalue weighted by Gasteiger charge is -2.37. The lowest BCUT2D eigenvalue weighted by molar-refractivity contribution is -0.137. The normalized spacial score (nSPS) is 18.8. The lowest BCUT2D eigenvalue weighted by Crippen LogP contribution is -2.42. The summed E-state index contributed by atoms with van der Waals surface area (Å²) in [6.07, 6.45) is 2.71. The highest BCUT2D eigenvalue weighted by Crippen LogP contribution is 2.46. The van der Waals surface area contributed by atoms with E-state index in [1.807, 2.05) is 55.8 Å². The van der Waals surface area contributed by atoms with Gasteiger partial charge in [0, 0.05) is 24.1 Å². The summed E-state index contributed by atoms with van der Waals surface area (Å²) in [6, 6.07) is 16.6. The smallest absolute Gasteiger partial charge is 0.304 e. The fourth-order valence-electron chi connectivity index (χ4n) is 6.68. The molecule has 7 nitrogen and oxygen atoms in total. The molecule has 0 unspecified atom stereocenters. The molecule has 3 aromatic carbocycles. The highest BCUT2D eigenvalue weighted by atomic mass is 16.4. The zero-order chi connectivity index (χ0) is 27.4. The zero-order valence-corrected chi connectivity index (χ0v) is 22.9. The first-order valence-corrected chi connectivity index (χ1v) is 13.8. The maximum absolute atomic E-state index is 13.7. The Morgan fingerprint density at radius 2 is 1.85 bits per heavy atom. The first kappa shape index (κ1) is 25.3. The van der Waals surface area contributed by atoms with Crippen molar-refractivity contribution < 1.29 is 14.7 Å². The van der Waals surface area contributed by atoms with Gasteiger partial charge in [0.1, 0.15) is 5.52 Å². The minimum absolute atomic E-state index is 0.00585. The summed E-state index contributed by atoms with van der Waals surface area (Å²) >= 11 is 0. The van der Waals surface area contributed by atoms with E-state index in [9.17, 15) is 14.7 Å². The Morgan fingerprint density at radius 1 is 1.03 bits per heavy atom. The topological polar surface area (TPSA) is 88.3 Å². The van der Waals surface area contributed by atoms with Crippen LogP contribution in [0.5, 0.6) is 0 Å². The summed E-state index contributed by atoms with van der Waals surface area (Å²) < 4.78 is 1.86. The van der Waals surface area contributed by atoms with E-state index in [2.05, 4.69) is 40.3 Å². The highest BCUT2D eigenvalue weighted by Gasteiger charge is 2.43. The van der Waals surface area contributed by atoms with Crippen LogP contribution in [0.15, 0.2) is 48.5 Å². The summed E-state index contributed by atoms with van der Waals surface area (Å²) in [4.78, 5) is 27.9. The molecule has 2 bridgehead atoms. The third kappa shape index (κ3) is 4.20. The molecule has 6 rings (SSSR count). The van der Waals surface area contributed by atoms with Crippen LogP contribution in [-0.4, -0.2) is 42.9 Å². The predicted octanol–water partition coefficient (Wildman–Crippen LogP) is 5.89. The van der Waals surface area contributed by atoms with Gasteiger partial charge in [-0.25, -0.2) is 4.68 Å². The lowest BCUT2D eigenvalue weighted by atomic mass is 9.82. The summed E-state index contributed by atoms with van der Waals surface area (Å²) in [6.45, 7) is 8.86. The number of fused-ring (bicyclic) bond motifs is 5. The number of carboxylic acid groups (broad SMARTS) is 1. The van der Waals surface area contributed by atoms with Crippen molar-refractivity contribution in [3.8, 4) is 0 Å². The standard InChI is InChI=1S/C32H34N4O3/c1-5-35-29-13-11-25(20(4)31(29)33-34-35)26(17-30(37)38)22-9-8-21-15-24-10-12-28(27(21)16-22)36(24)32(39)23-7-6-18(2)19(3)14-23/h6-9,11,13-14,16,24,26,28H,5,10,12,15,17H2,1-4H3,(H,37,38)/t24-,26+,28+/m0/s1. The van der Waals surface area contributed by atoms with Crippen LogP contribution in [0.25, 0.3) is 11.0 Å². The molecule has 1 fully saturated rings. The van der Waals surface area contributed by atoms with E-state index in [0.717, 1.165) is 70.2 Å². The van der Waals surface area contributed by atoms with E-state index in [4.69, 9.17) is 0 Å². The van der Waals surface area contributed by atoms with Crippen molar-refractivity contribution in [3.05, 3.63) is 93.0 Å². The van der Waals surface area contributed by atoms with Gasteiger partial charge in [0.15, 0.2) is 0 Å². The fourth-order valence-corrected chi connectivity index (χ4v) is 6.68. The van der Waals surface area contributed by atoms with Crippen molar-refractivity contribution in [3.63, 3.8) is 0 Å². The Morgan fingerprint density at radius 3 is 2.59 bits per heavy atom. The first-order chi connectivity index (χ1) is 18.8. The molecule has 1 amide bonds. The van der Waals surface area contributed by atoms with Crippen molar-refractivity contribution in [1.82, 2.24) is 19.9 Å². The van der Waals surface area contributed by atoms with Crippen LogP contribution in [0.2, 0.25) is 0 Å². The third-order valence-electron chi connectivity index (χ3n) is 8.91. The van der Waals surface area contributed by atoms with Gasteiger partial charge in [-0.3, -0.25) is 9.59 Å². The van der Waals surface area contributed by atoms with Crippen molar-refractivity contribution in [2.45, 2.75) is 77.9 Å². The summed E-state index contributed by atoms with van der Waals surface area (Å²) in [5.41, 5.74) is 10.1. The number of carboxylic acids is 1. The summed E-state index contributed by atoms with van der Waals surface area (Å²) in [5.74, 6) is -1.09. The summed E-state index contributed by atoms with van der Waals surface area (Å²) in [7, 11) is 0. The minimum Gasteiger partial charge on any atom is -0.481 e. The number of carbonyl (C=O) groups is 2. The quantitative estimate of drug-likeness (QED) is 0.341. The summed E-state index contributed by atoms with van der Waals surface area (Å²) in [5, 5.41) is 18.6. The van der Waals surface area contributed by atoms with Gasteiger partial charge in [0.2, 0.25) is 0 Å². The number of nitrogens with zero attached hydrogens (tertiary/aromatic N) is 4. The fraction of sp³-hybridized carbons (Fsp3) is 0.375. The number of rotatable bonds is 6. The maximum atomic E-state index is 13.7. The van der Waals surface area contributed by atoms with Gasteiger partial charge >= 0.3 is 5.97 Å². The number of aliphatic carboxylic acids is 1. The molecular formula is C32H34N4O3. The molecule has 4 aromatic rings. The van der Waals surface area contributed by atoms with Crippen LogP contribution in [0.3, 0.4) is 0 Å². The largest absolute Gasteiger partial charge is 0.481 e. The highest BCUT2D eigenvalue weighted by molar-refractivity contribution is 5.95. The Bertz CT molecular complexity index is 1620. The van der Waals surface area contributed by atoms with E-state index >= 15 is 0 Å². The molecule has 2 aliphatic rings. The molecule has 1 aromatic heterocycles. The van der Waals surface area contributed by atoms with E-state index in [1.54, 1.807) is 0 Å². The van der Waals surface area contributed by atoms with Crippen molar-refractivity contribution in [2.24, 2.45) is 0 Å². The molecule has 3 heterocycles. The van der Waals surface area contributed by atoms with Gasteiger partial charge in [-0.15, -0.1) is 5.10 Å². The number of carbonyl (C=O) groups excluding carboxylic acids is 1. The second-order valence-electron chi connectivity index (χ2n) is 11.1. The van der Waals surface area contributed by atoms with E-state index in [1.165, 1.54) is 11.1 Å². The average molecular weight is 523 g/mol. The van der Waals surface area contributed by atoms with Crippen LogP contribution >= 0.6 is 0 Å². The van der Waals surface area contributed by atoms with Crippen LogP contribution in [0.1, 0.15) is 87.4 Å². The van der Waals surface area contributed by atoms with Crippen LogP contribution in [0, 0.1) is 20.8 Å². The van der Waals surface area contributed by atoms with E-state index < -0.39 is 5.97 Å². The molecule has 1 saturated heterocycles. The zero-order valence-electron chi connectivity index (χ0n) is 22.9. The molecule has 7 heteroatoms. The first-order valence-electron chi connectivity index (χ1n) is 13.8. The van der Waals surface area contributed by atoms with Gasteiger partial charge in [0.05, 0.1) is 18.0 Å². The van der Waals surface area contributed by atoms with E-state index in [-0.39, 0.29) is 30.3 Å². The van der Waals surface area contributed by atoms with Crippen LogP contribution in [0.4, 0.5) is 0 Å². The molecule has 2 aliphatic heterocycles. The second kappa shape index (κ2) is 9.63. The van der Waals surface area contributed by atoms with Gasteiger partial charge in [-0.1, -0.05) is 35.5 Å². The van der Waals surface area contributed by atoms with Gasteiger partial charge in [-0.2, -0.15) is 0 Å². The number of aromatic nitrogens is 3. The minimum atomic E-state index is -0.845. The molecule has 0 spiro atoms. The molecule has 0 radical (unpaired) electrons. The Kier molecular flexibility index (Phi) is 6.25. The molecule has 39 heavy (non-hydrogen) atoms. The molecule has 0 aliphatic carbocycles. The molecule has 1 N–H and O–H groups in total. The Balaban J connectivity index is 1.40. The monoisotopic (exact) mass is 522 g/mol. The van der Waals surface area contributed by atoms with Gasteiger partial charge < -0.3 is 10.0 Å². The molecule has 3 atom stereocenters. The molecule has 0 saturated carbocycles. The SMILES string of the molecule is CCn1nnc2c(C)c([C@H](CC(=O)O)c3ccc4c(c3)[C@H]3CC[C@@H](C4)N3C(=O)c3ccc(C)c(C)c3)ccc21. The second-order valence-corrected chi connectivity index (χ2v) is 11.1. The predicted molar refractivity (Wildman–Crippen MR) is 150 cm³/mol. The Labute approximate surface area is 228 Å². The van der Waals surface area contributed by atoms with Crippen LogP contribution in [-0.2, 0) is 17.8 Å². The number of aryl methyl sites for hydroxylation is 4. The maximum Gasteiger partial charge on any atom is 0.304 e. The number of benzene rings is 3. The molecular weight excluding hydrogens is 488 g/mol. The van der Waals surface area contributed by atoms with Gasteiger partial charge in [-0.05, 0) is 104 Å².